The van der Waals surface area contributed by atoms with Crippen LogP contribution in [0, 0.1) is 11.3 Å². The standard InChI is InChI=1S/C13H18ClN3/c1-3-17(8-4-7-15)13-6-5-11(10(2)16)9-12(13)14/h5-6,9-10H,3-4,8,16H2,1-2H3/t10-/m0/s1. The molecule has 0 saturated carbocycles. The van der Waals surface area contributed by atoms with Gasteiger partial charge in [0, 0.05) is 19.1 Å². The van der Waals surface area contributed by atoms with E-state index in [2.05, 4.69) is 11.0 Å². The fourth-order valence-electron chi connectivity index (χ4n) is 1.70. The van der Waals surface area contributed by atoms with Gasteiger partial charge in [-0.3, -0.25) is 0 Å². The minimum Gasteiger partial charge on any atom is -0.370 e. The second-order valence-electron chi connectivity index (χ2n) is 3.99. The fourth-order valence-corrected chi connectivity index (χ4v) is 2.01. The Morgan fingerprint density at radius 1 is 1.53 bits per heavy atom. The number of anilines is 1. The van der Waals surface area contributed by atoms with Crippen molar-refractivity contribution in [3.8, 4) is 6.07 Å². The maximum atomic E-state index is 8.62. The van der Waals surface area contributed by atoms with Gasteiger partial charge in [0.2, 0.25) is 0 Å². The molecule has 0 aliphatic heterocycles. The highest BCUT2D eigenvalue weighted by atomic mass is 35.5. The highest BCUT2D eigenvalue weighted by Crippen LogP contribution is 2.28. The maximum Gasteiger partial charge on any atom is 0.0642 e. The van der Waals surface area contributed by atoms with E-state index in [4.69, 9.17) is 22.6 Å². The summed E-state index contributed by atoms with van der Waals surface area (Å²) in [7, 11) is 0. The number of hydrogen-bond donors (Lipinski definition) is 1. The summed E-state index contributed by atoms with van der Waals surface area (Å²) in [5.74, 6) is 0. The minimum atomic E-state index is -0.0178. The van der Waals surface area contributed by atoms with Crippen LogP contribution in [0.2, 0.25) is 5.02 Å². The average molecular weight is 252 g/mol. The first-order chi connectivity index (χ1) is 8.10. The Labute approximate surface area is 108 Å². The van der Waals surface area contributed by atoms with E-state index in [0.29, 0.717) is 18.0 Å². The van der Waals surface area contributed by atoms with Crippen molar-refractivity contribution in [2.24, 2.45) is 5.73 Å². The first-order valence-corrected chi connectivity index (χ1v) is 6.14. The molecule has 0 radical (unpaired) electrons. The molecule has 0 aliphatic rings. The quantitative estimate of drug-likeness (QED) is 0.875. The van der Waals surface area contributed by atoms with Gasteiger partial charge in [-0.25, -0.2) is 0 Å². The van der Waals surface area contributed by atoms with Crippen LogP contribution < -0.4 is 10.6 Å². The molecule has 0 bridgehead atoms. The first kappa shape index (κ1) is 13.8. The highest BCUT2D eigenvalue weighted by molar-refractivity contribution is 6.33. The number of hydrogen-bond acceptors (Lipinski definition) is 3. The molecule has 92 valence electrons. The topological polar surface area (TPSA) is 53.0 Å². The second kappa shape index (κ2) is 6.48. The third-order valence-corrected chi connectivity index (χ3v) is 3.02. The molecule has 0 fully saturated rings. The molecule has 0 unspecified atom stereocenters. The molecule has 4 heteroatoms. The summed E-state index contributed by atoms with van der Waals surface area (Å²) in [6.07, 6.45) is 0.499. The van der Waals surface area contributed by atoms with Gasteiger partial charge in [-0.1, -0.05) is 17.7 Å². The number of nitrogens with two attached hydrogens (primary N) is 1. The third kappa shape index (κ3) is 3.62. The van der Waals surface area contributed by atoms with Crippen LogP contribution >= 0.6 is 11.6 Å². The van der Waals surface area contributed by atoms with E-state index < -0.39 is 0 Å². The normalized spacial score (nSPS) is 11.9. The van der Waals surface area contributed by atoms with E-state index in [9.17, 15) is 0 Å². The molecule has 0 heterocycles. The van der Waals surface area contributed by atoms with Gasteiger partial charge >= 0.3 is 0 Å². The van der Waals surface area contributed by atoms with Crippen molar-refractivity contribution in [2.75, 3.05) is 18.0 Å². The van der Waals surface area contributed by atoms with Gasteiger partial charge in [0.05, 0.1) is 23.2 Å². The smallest absolute Gasteiger partial charge is 0.0642 e. The van der Waals surface area contributed by atoms with E-state index in [-0.39, 0.29) is 6.04 Å². The molecule has 1 atom stereocenters. The molecule has 1 rings (SSSR count). The predicted molar refractivity (Wildman–Crippen MR) is 72.2 cm³/mol. The summed E-state index contributed by atoms with van der Waals surface area (Å²) in [6, 6.07) is 7.99. The van der Waals surface area contributed by atoms with Crippen molar-refractivity contribution in [1.29, 1.82) is 5.26 Å². The molecule has 3 nitrogen and oxygen atoms in total. The van der Waals surface area contributed by atoms with E-state index >= 15 is 0 Å². The molecule has 0 saturated heterocycles. The molecule has 0 spiro atoms. The SMILES string of the molecule is CCN(CCC#N)c1ccc([C@H](C)N)cc1Cl. The van der Waals surface area contributed by atoms with Crippen LogP contribution in [0.5, 0.6) is 0 Å². The van der Waals surface area contributed by atoms with Crippen LogP contribution in [0.3, 0.4) is 0 Å². The van der Waals surface area contributed by atoms with Crippen LogP contribution in [0.25, 0.3) is 0 Å². The van der Waals surface area contributed by atoms with E-state index in [1.807, 2.05) is 32.0 Å². The van der Waals surface area contributed by atoms with Gasteiger partial charge in [-0.15, -0.1) is 0 Å². The zero-order chi connectivity index (χ0) is 12.8. The van der Waals surface area contributed by atoms with Gasteiger partial charge in [0.25, 0.3) is 0 Å². The van der Waals surface area contributed by atoms with Crippen molar-refractivity contribution in [2.45, 2.75) is 26.3 Å². The number of nitrogens with zero attached hydrogens (tertiary/aromatic N) is 2. The van der Waals surface area contributed by atoms with Crippen LogP contribution in [0.15, 0.2) is 18.2 Å². The summed E-state index contributed by atoms with van der Waals surface area (Å²) in [6.45, 7) is 5.51. The zero-order valence-electron chi connectivity index (χ0n) is 10.3. The molecular formula is C13H18ClN3. The molecule has 1 aromatic rings. The molecule has 0 amide bonds. The van der Waals surface area contributed by atoms with Crippen LogP contribution in [0.1, 0.15) is 31.9 Å². The molecule has 0 aromatic heterocycles. The molecule has 17 heavy (non-hydrogen) atoms. The number of rotatable bonds is 5. The van der Waals surface area contributed by atoms with Crippen molar-refractivity contribution in [3.05, 3.63) is 28.8 Å². The van der Waals surface area contributed by atoms with Crippen molar-refractivity contribution >= 4 is 17.3 Å². The monoisotopic (exact) mass is 251 g/mol. The lowest BCUT2D eigenvalue weighted by Crippen LogP contribution is -2.24. The Hall–Kier alpha value is -1.24. The predicted octanol–water partition coefficient (Wildman–Crippen LogP) is 3.10. The van der Waals surface area contributed by atoms with Crippen LogP contribution in [0.4, 0.5) is 5.69 Å². The van der Waals surface area contributed by atoms with Gasteiger partial charge in [0.1, 0.15) is 0 Å². The largest absolute Gasteiger partial charge is 0.370 e. The van der Waals surface area contributed by atoms with Gasteiger partial charge in [0.15, 0.2) is 0 Å². The lowest BCUT2D eigenvalue weighted by molar-refractivity contribution is 0.810. The second-order valence-corrected chi connectivity index (χ2v) is 4.39. The van der Waals surface area contributed by atoms with Crippen molar-refractivity contribution in [1.82, 2.24) is 0 Å². The van der Waals surface area contributed by atoms with Crippen molar-refractivity contribution in [3.63, 3.8) is 0 Å². The Morgan fingerprint density at radius 3 is 2.71 bits per heavy atom. The van der Waals surface area contributed by atoms with E-state index in [1.165, 1.54) is 0 Å². The third-order valence-electron chi connectivity index (χ3n) is 2.71. The van der Waals surface area contributed by atoms with Crippen LogP contribution in [-0.4, -0.2) is 13.1 Å². The Bertz CT molecular complexity index is 410. The summed E-state index contributed by atoms with van der Waals surface area (Å²) in [5.41, 5.74) is 7.80. The summed E-state index contributed by atoms with van der Waals surface area (Å²) in [4.78, 5) is 2.09. The minimum absolute atomic E-state index is 0.0178. The van der Waals surface area contributed by atoms with Crippen LogP contribution in [-0.2, 0) is 0 Å². The fraction of sp³-hybridized carbons (Fsp3) is 0.462. The zero-order valence-corrected chi connectivity index (χ0v) is 11.0. The van der Waals surface area contributed by atoms with Gasteiger partial charge in [-0.2, -0.15) is 5.26 Å². The summed E-state index contributed by atoms with van der Waals surface area (Å²) >= 11 is 6.25. The Balaban J connectivity index is 2.93. The number of halogens is 1. The van der Waals surface area contributed by atoms with Gasteiger partial charge < -0.3 is 10.6 Å². The average Bonchev–Trinajstić information content (AvgIpc) is 2.31. The van der Waals surface area contributed by atoms with E-state index in [1.54, 1.807) is 0 Å². The molecule has 2 N–H and O–H groups in total. The van der Waals surface area contributed by atoms with Gasteiger partial charge in [-0.05, 0) is 31.5 Å². The Kier molecular flexibility index (Phi) is 5.27. The molecule has 0 aliphatic carbocycles. The van der Waals surface area contributed by atoms with E-state index in [0.717, 1.165) is 17.8 Å². The maximum absolute atomic E-state index is 8.62. The first-order valence-electron chi connectivity index (χ1n) is 5.77. The Morgan fingerprint density at radius 2 is 2.24 bits per heavy atom. The number of benzene rings is 1. The number of nitriles is 1. The summed E-state index contributed by atoms with van der Waals surface area (Å²) in [5, 5.41) is 9.31. The molecule has 1 aromatic carbocycles. The van der Waals surface area contributed by atoms with Crippen molar-refractivity contribution < 1.29 is 0 Å². The lowest BCUT2D eigenvalue weighted by Gasteiger charge is -2.23. The lowest BCUT2D eigenvalue weighted by atomic mass is 10.1. The highest BCUT2D eigenvalue weighted by Gasteiger charge is 2.10. The summed E-state index contributed by atoms with van der Waals surface area (Å²) < 4.78 is 0. The molecular weight excluding hydrogens is 234 g/mol.